The zero-order chi connectivity index (χ0) is 14.7. The second kappa shape index (κ2) is 6.75. The van der Waals surface area contributed by atoms with Crippen LogP contribution in [0, 0.1) is 11.8 Å². The van der Waals surface area contributed by atoms with Gasteiger partial charge in [0, 0.05) is 39.3 Å². The molecule has 1 aliphatic carbocycles. The quantitative estimate of drug-likeness (QED) is 0.756. The van der Waals surface area contributed by atoms with Crippen LogP contribution in [-0.2, 0) is 14.3 Å². The molecule has 2 heterocycles. The van der Waals surface area contributed by atoms with E-state index in [1.54, 1.807) is 0 Å². The average Bonchev–Trinajstić information content (AvgIpc) is 3.13. The molecule has 0 aromatic carbocycles. The van der Waals surface area contributed by atoms with Gasteiger partial charge in [-0.1, -0.05) is 0 Å². The third-order valence-corrected chi connectivity index (χ3v) is 4.69. The van der Waals surface area contributed by atoms with E-state index < -0.39 is 0 Å². The molecule has 0 bridgehead atoms. The smallest absolute Gasteiger partial charge is 0.226 e. The predicted molar refractivity (Wildman–Crippen MR) is 77.7 cm³/mol. The van der Waals surface area contributed by atoms with Crippen LogP contribution in [0.25, 0.3) is 0 Å². The van der Waals surface area contributed by atoms with Crippen LogP contribution in [0.15, 0.2) is 0 Å². The standard InChI is InChI=1S/C15H25N3O3/c19-14(16-3-6-17-7-9-21-10-8-17)12-11-13(12)15(20)18-4-1-2-5-18/h12-13H,1-11H2,(H,16,19). The zero-order valence-electron chi connectivity index (χ0n) is 12.6. The molecule has 1 saturated carbocycles. The maximum atomic E-state index is 12.2. The Labute approximate surface area is 125 Å². The van der Waals surface area contributed by atoms with Crippen LogP contribution in [0.1, 0.15) is 19.3 Å². The second-order valence-electron chi connectivity index (χ2n) is 6.23. The fourth-order valence-corrected chi connectivity index (χ4v) is 3.22. The van der Waals surface area contributed by atoms with E-state index in [9.17, 15) is 9.59 Å². The highest BCUT2D eigenvalue weighted by atomic mass is 16.5. The second-order valence-corrected chi connectivity index (χ2v) is 6.23. The molecule has 21 heavy (non-hydrogen) atoms. The Balaban J connectivity index is 1.34. The Morgan fingerprint density at radius 3 is 2.48 bits per heavy atom. The molecule has 3 aliphatic rings. The van der Waals surface area contributed by atoms with Gasteiger partial charge >= 0.3 is 0 Å². The van der Waals surface area contributed by atoms with Gasteiger partial charge in [-0.3, -0.25) is 14.5 Å². The minimum absolute atomic E-state index is 0.0495. The van der Waals surface area contributed by atoms with Crippen molar-refractivity contribution in [2.75, 3.05) is 52.5 Å². The summed E-state index contributed by atoms with van der Waals surface area (Å²) in [5.74, 6) is 0.121. The van der Waals surface area contributed by atoms with Gasteiger partial charge in [-0.15, -0.1) is 0 Å². The first-order valence-electron chi connectivity index (χ1n) is 8.12. The summed E-state index contributed by atoms with van der Waals surface area (Å²) >= 11 is 0. The van der Waals surface area contributed by atoms with Gasteiger partial charge in [0.1, 0.15) is 0 Å². The third kappa shape index (κ3) is 3.74. The normalized spacial score (nSPS) is 29.4. The highest BCUT2D eigenvalue weighted by molar-refractivity contribution is 5.92. The first-order chi connectivity index (χ1) is 10.3. The largest absolute Gasteiger partial charge is 0.379 e. The molecule has 6 nitrogen and oxygen atoms in total. The Bertz CT molecular complexity index is 390. The van der Waals surface area contributed by atoms with Crippen LogP contribution in [-0.4, -0.2) is 74.1 Å². The minimum atomic E-state index is -0.0808. The molecule has 0 radical (unpaired) electrons. The number of nitrogens with zero attached hydrogens (tertiary/aromatic N) is 2. The highest BCUT2D eigenvalue weighted by Crippen LogP contribution is 2.40. The zero-order valence-corrected chi connectivity index (χ0v) is 12.6. The summed E-state index contributed by atoms with van der Waals surface area (Å²) in [5, 5.41) is 2.98. The molecule has 2 saturated heterocycles. The van der Waals surface area contributed by atoms with Crippen molar-refractivity contribution in [2.45, 2.75) is 19.3 Å². The van der Waals surface area contributed by atoms with Gasteiger partial charge in [0.2, 0.25) is 11.8 Å². The van der Waals surface area contributed by atoms with Crippen LogP contribution >= 0.6 is 0 Å². The van der Waals surface area contributed by atoms with Crippen LogP contribution in [0.2, 0.25) is 0 Å². The van der Waals surface area contributed by atoms with E-state index in [1.165, 1.54) is 0 Å². The summed E-state index contributed by atoms with van der Waals surface area (Å²) in [6.45, 7) is 6.73. The van der Waals surface area contributed by atoms with Gasteiger partial charge in [-0.25, -0.2) is 0 Å². The molecule has 2 unspecified atom stereocenters. The predicted octanol–water partition coefficient (Wildman–Crippen LogP) is -0.307. The van der Waals surface area contributed by atoms with E-state index in [0.717, 1.165) is 65.2 Å². The lowest BCUT2D eigenvalue weighted by atomic mass is 10.2. The number of amides is 2. The number of ether oxygens (including phenoxy) is 1. The maximum Gasteiger partial charge on any atom is 0.226 e. The number of hydrogen-bond acceptors (Lipinski definition) is 4. The number of carbonyl (C=O) groups is 2. The minimum Gasteiger partial charge on any atom is -0.379 e. The van der Waals surface area contributed by atoms with Gasteiger partial charge < -0.3 is 15.0 Å². The summed E-state index contributed by atoms with van der Waals surface area (Å²) in [4.78, 5) is 28.4. The summed E-state index contributed by atoms with van der Waals surface area (Å²) in [6, 6.07) is 0. The Hall–Kier alpha value is -1.14. The van der Waals surface area contributed by atoms with E-state index in [0.29, 0.717) is 6.54 Å². The van der Waals surface area contributed by atoms with E-state index in [2.05, 4.69) is 10.2 Å². The van der Waals surface area contributed by atoms with Gasteiger partial charge in [0.05, 0.1) is 25.0 Å². The van der Waals surface area contributed by atoms with E-state index in [-0.39, 0.29) is 23.7 Å². The highest BCUT2D eigenvalue weighted by Gasteiger charge is 2.49. The van der Waals surface area contributed by atoms with Gasteiger partial charge in [0.25, 0.3) is 0 Å². The molecule has 0 aromatic heterocycles. The fourth-order valence-electron chi connectivity index (χ4n) is 3.22. The third-order valence-electron chi connectivity index (χ3n) is 4.69. The van der Waals surface area contributed by atoms with Gasteiger partial charge in [-0.05, 0) is 19.3 Å². The average molecular weight is 295 g/mol. The number of morpholine rings is 1. The number of hydrogen-bond donors (Lipinski definition) is 1. The van der Waals surface area contributed by atoms with Crippen molar-refractivity contribution in [3.05, 3.63) is 0 Å². The topological polar surface area (TPSA) is 61.9 Å². The number of carbonyl (C=O) groups excluding carboxylic acids is 2. The molecule has 3 rings (SSSR count). The molecule has 6 heteroatoms. The van der Waals surface area contributed by atoms with E-state index in [1.807, 2.05) is 4.90 Å². The Morgan fingerprint density at radius 1 is 1.05 bits per heavy atom. The molecule has 1 N–H and O–H groups in total. The molecule has 118 valence electrons. The van der Waals surface area contributed by atoms with Crippen LogP contribution < -0.4 is 5.32 Å². The lowest BCUT2D eigenvalue weighted by Crippen LogP contribution is -2.41. The van der Waals surface area contributed by atoms with Crippen molar-refractivity contribution in [3.63, 3.8) is 0 Å². The number of rotatable bonds is 5. The molecule has 3 fully saturated rings. The Morgan fingerprint density at radius 2 is 1.76 bits per heavy atom. The lowest BCUT2D eigenvalue weighted by Gasteiger charge is -2.26. The first-order valence-corrected chi connectivity index (χ1v) is 8.12. The molecule has 2 amide bonds. The summed E-state index contributed by atoms with van der Waals surface area (Å²) in [6.07, 6.45) is 2.95. The summed E-state index contributed by atoms with van der Waals surface area (Å²) in [5.41, 5.74) is 0. The van der Waals surface area contributed by atoms with E-state index in [4.69, 9.17) is 4.74 Å². The molecular formula is C15H25N3O3. The van der Waals surface area contributed by atoms with Crippen LogP contribution in [0.3, 0.4) is 0 Å². The maximum absolute atomic E-state index is 12.2. The van der Waals surface area contributed by atoms with Crippen molar-refractivity contribution in [1.29, 1.82) is 0 Å². The number of nitrogens with one attached hydrogen (secondary N) is 1. The van der Waals surface area contributed by atoms with Gasteiger partial charge in [-0.2, -0.15) is 0 Å². The summed E-state index contributed by atoms with van der Waals surface area (Å²) in [7, 11) is 0. The van der Waals surface area contributed by atoms with Crippen molar-refractivity contribution >= 4 is 11.8 Å². The van der Waals surface area contributed by atoms with Gasteiger partial charge in [0.15, 0.2) is 0 Å². The first kappa shape index (κ1) is 14.8. The fraction of sp³-hybridized carbons (Fsp3) is 0.867. The van der Waals surface area contributed by atoms with Crippen molar-refractivity contribution in [1.82, 2.24) is 15.1 Å². The van der Waals surface area contributed by atoms with Crippen LogP contribution in [0.5, 0.6) is 0 Å². The monoisotopic (exact) mass is 295 g/mol. The van der Waals surface area contributed by atoms with Crippen LogP contribution in [0.4, 0.5) is 0 Å². The van der Waals surface area contributed by atoms with E-state index >= 15 is 0 Å². The molecule has 2 aliphatic heterocycles. The lowest BCUT2D eigenvalue weighted by molar-refractivity contribution is -0.133. The SMILES string of the molecule is O=C(NCCN1CCOCC1)C1CC1C(=O)N1CCCC1. The molecule has 0 aromatic rings. The number of likely N-dealkylation sites (tertiary alicyclic amines) is 1. The summed E-state index contributed by atoms with van der Waals surface area (Å²) < 4.78 is 5.29. The van der Waals surface area contributed by atoms with Crippen molar-refractivity contribution in [2.24, 2.45) is 11.8 Å². The molecular weight excluding hydrogens is 270 g/mol. The van der Waals surface area contributed by atoms with Crippen molar-refractivity contribution in [3.8, 4) is 0 Å². The molecule has 2 atom stereocenters. The Kier molecular flexibility index (Phi) is 4.75. The molecule has 0 spiro atoms. The van der Waals surface area contributed by atoms with Crippen molar-refractivity contribution < 1.29 is 14.3 Å².